The third-order valence-corrected chi connectivity index (χ3v) is 2.76. The maximum Gasteiger partial charge on any atom is 0.322 e. The van der Waals surface area contributed by atoms with E-state index in [2.05, 4.69) is 15.5 Å². The zero-order valence-corrected chi connectivity index (χ0v) is 8.71. The van der Waals surface area contributed by atoms with Gasteiger partial charge in [-0.05, 0) is 6.92 Å². The lowest BCUT2D eigenvalue weighted by molar-refractivity contribution is -0.124. The number of carbonyl (C=O) groups excluding carboxylic acids is 2. The predicted molar refractivity (Wildman–Crippen MR) is 52.3 cm³/mol. The third-order valence-electron chi connectivity index (χ3n) is 2.76. The molecule has 0 aromatic heterocycles. The first kappa shape index (κ1) is 10.4. The van der Waals surface area contributed by atoms with Crippen LogP contribution >= 0.6 is 0 Å². The Morgan fingerprint density at radius 2 is 2.07 bits per heavy atom. The predicted octanol–water partition coefficient (Wildman–Crippen LogP) is -1.08. The number of carbonyl (C=O) groups is 2. The van der Waals surface area contributed by atoms with Crippen molar-refractivity contribution in [3.8, 4) is 0 Å². The minimum absolute atomic E-state index is 0.251. The SMILES string of the molecule is CC1(CN2CCOCC2)NC(=O)NC1=O. The van der Waals surface area contributed by atoms with Gasteiger partial charge in [0, 0.05) is 19.6 Å². The number of amides is 3. The Morgan fingerprint density at radius 3 is 2.60 bits per heavy atom. The van der Waals surface area contributed by atoms with Crippen molar-refractivity contribution >= 4 is 11.9 Å². The van der Waals surface area contributed by atoms with Crippen molar-refractivity contribution in [1.29, 1.82) is 0 Å². The molecule has 15 heavy (non-hydrogen) atoms. The Hall–Kier alpha value is -1.14. The summed E-state index contributed by atoms with van der Waals surface area (Å²) in [5.41, 5.74) is -0.797. The highest BCUT2D eigenvalue weighted by atomic mass is 16.5. The van der Waals surface area contributed by atoms with Gasteiger partial charge in [0.1, 0.15) is 5.54 Å². The summed E-state index contributed by atoms with van der Waals surface area (Å²) in [5.74, 6) is -0.251. The van der Waals surface area contributed by atoms with Crippen molar-refractivity contribution in [1.82, 2.24) is 15.5 Å². The van der Waals surface area contributed by atoms with Gasteiger partial charge >= 0.3 is 6.03 Å². The van der Waals surface area contributed by atoms with Gasteiger partial charge < -0.3 is 10.1 Å². The average molecular weight is 213 g/mol. The van der Waals surface area contributed by atoms with Crippen molar-refractivity contribution in [2.75, 3.05) is 32.8 Å². The van der Waals surface area contributed by atoms with E-state index in [-0.39, 0.29) is 5.91 Å². The number of imide groups is 1. The van der Waals surface area contributed by atoms with E-state index in [1.54, 1.807) is 6.92 Å². The molecule has 0 aliphatic carbocycles. The molecule has 0 saturated carbocycles. The number of morpholine rings is 1. The summed E-state index contributed by atoms with van der Waals surface area (Å²) in [6.07, 6.45) is 0. The van der Waals surface area contributed by atoms with Crippen molar-refractivity contribution in [3.05, 3.63) is 0 Å². The van der Waals surface area contributed by atoms with Crippen molar-refractivity contribution in [2.24, 2.45) is 0 Å². The second kappa shape index (κ2) is 3.79. The molecular weight excluding hydrogens is 198 g/mol. The first-order chi connectivity index (χ1) is 7.10. The molecule has 2 rings (SSSR count). The van der Waals surface area contributed by atoms with Gasteiger partial charge in [0.2, 0.25) is 0 Å². The molecule has 2 heterocycles. The maximum absolute atomic E-state index is 11.5. The molecule has 1 unspecified atom stereocenters. The van der Waals surface area contributed by atoms with Gasteiger partial charge in [-0.2, -0.15) is 0 Å². The van der Waals surface area contributed by atoms with E-state index in [9.17, 15) is 9.59 Å². The number of ether oxygens (including phenoxy) is 1. The lowest BCUT2D eigenvalue weighted by Gasteiger charge is -2.32. The summed E-state index contributed by atoms with van der Waals surface area (Å²) in [5, 5.41) is 4.90. The van der Waals surface area contributed by atoms with Crippen LogP contribution in [0.25, 0.3) is 0 Å². The first-order valence-corrected chi connectivity index (χ1v) is 5.04. The quantitative estimate of drug-likeness (QED) is 0.572. The van der Waals surface area contributed by atoms with E-state index in [4.69, 9.17) is 4.74 Å². The Bertz CT molecular complexity index is 288. The fourth-order valence-electron chi connectivity index (χ4n) is 1.90. The standard InChI is InChI=1S/C9H15N3O3/c1-9(7(13)10-8(14)11-9)6-12-2-4-15-5-3-12/h2-6H2,1H3,(H2,10,11,13,14). The van der Waals surface area contributed by atoms with Crippen LogP contribution < -0.4 is 10.6 Å². The highest BCUT2D eigenvalue weighted by Crippen LogP contribution is 2.12. The molecule has 2 aliphatic rings. The fraction of sp³-hybridized carbons (Fsp3) is 0.778. The smallest absolute Gasteiger partial charge is 0.322 e. The Morgan fingerprint density at radius 1 is 1.40 bits per heavy atom. The Labute approximate surface area is 87.9 Å². The molecule has 0 spiro atoms. The van der Waals surface area contributed by atoms with Crippen molar-refractivity contribution in [2.45, 2.75) is 12.5 Å². The number of nitrogens with one attached hydrogen (secondary N) is 2. The van der Waals surface area contributed by atoms with Crippen molar-refractivity contribution < 1.29 is 14.3 Å². The lowest BCUT2D eigenvalue weighted by atomic mass is 10.0. The van der Waals surface area contributed by atoms with Crippen LogP contribution in [0.1, 0.15) is 6.92 Å². The van der Waals surface area contributed by atoms with E-state index >= 15 is 0 Å². The molecular formula is C9H15N3O3. The Kier molecular flexibility index (Phi) is 2.62. The third kappa shape index (κ3) is 2.10. The molecule has 6 heteroatoms. The van der Waals surface area contributed by atoms with Gasteiger partial charge in [-0.15, -0.1) is 0 Å². The van der Waals surface area contributed by atoms with E-state index in [0.717, 1.165) is 13.1 Å². The number of rotatable bonds is 2. The van der Waals surface area contributed by atoms with Crippen LogP contribution in [0.4, 0.5) is 4.79 Å². The molecule has 2 saturated heterocycles. The molecule has 0 bridgehead atoms. The molecule has 84 valence electrons. The van der Waals surface area contributed by atoms with Crippen LogP contribution in [0, 0.1) is 0 Å². The summed E-state index contributed by atoms with van der Waals surface area (Å²) < 4.78 is 5.22. The topological polar surface area (TPSA) is 70.7 Å². The monoisotopic (exact) mass is 213 g/mol. The van der Waals surface area contributed by atoms with Crippen molar-refractivity contribution in [3.63, 3.8) is 0 Å². The summed E-state index contributed by atoms with van der Waals surface area (Å²) in [7, 11) is 0. The molecule has 0 aromatic carbocycles. The van der Waals surface area contributed by atoms with Gasteiger partial charge in [-0.3, -0.25) is 15.0 Å². The van der Waals surface area contributed by atoms with Crippen LogP contribution in [0.2, 0.25) is 0 Å². The van der Waals surface area contributed by atoms with Crippen LogP contribution in [0.5, 0.6) is 0 Å². The fourth-order valence-corrected chi connectivity index (χ4v) is 1.90. The molecule has 0 aromatic rings. The molecule has 6 nitrogen and oxygen atoms in total. The summed E-state index contributed by atoms with van der Waals surface area (Å²) in [4.78, 5) is 24.7. The van der Waals surface area contributed by atoms with E-state index in [1.807, 2.05) is 0 Å². The summed E-state index contributed by atoms with van der Waals surface area (Å²) in [6.45, 7) is 5.26. The molecule has 2 N–H and O–H groups in total. The molecule has 2 aliphatic heterocycles. The largest absolute Gasteiger partial charge is 0.379 e. The lowest BCUT2D eigenvalue weighted by Crippen LogP contribution is -2.54. The van der Waals surface area contributed by atoms with Gasteiger partial charge in [-0.25, -0.2) is 4.79 Å². The van der Waals surface area contributed by atoms with Gasteiger partial charge in [0.05, 0.1) is 13.2 Å². The normalized spacial score (nSPS) is 32.6. The minimum atomic E-state index is -0.797. The second-order valence-electron chi connectivity index (χ2n) is 4.13. The molecule has 1 atom stereocenters. The van der Waals surface area contributed by atoms with Gasteiger partial charge in [0.15, 0.2) is 0 Å². The number of hydrogen-bond donors (Lipinski definition) is 2. The van der Waals surface area contributed by atoms with Gasteiger partial charge in [-0.1, -0.05) is 0 Å². The van der Waals surface area contributed by atoms with Crippen LogP contribution in [-0.2, 0) is 9.53 Å². The van der Waals surface area contributed by atoms with Crippen LogP contribution in [0.3, 0.4) is 0 Å². The highest BCUT2D eigenvalue weighted by molar-refractivity contribution is 6.06. The van der Waals surface area contributed by atoms with E-state index in [0.29, 0.717) is 19.8 Å². The minimum Gasteiger partial charge on any atom is -0.379 e. The Balaban J connectivity index is 1.97. The summed E-state index contributed by atoms with van der Waals surface area (Å²) >= 11 is 0. The molecule has 2 fully saturated rings. The number of hydrogen-bond acceptors (Lipinski definition) is 4. The maximum atomic E-state index is 11.5. The van der Waals surface area contributed by atoms with E-state index in [1.165, 1.54) is 0 Å². The van der Waals surface area contributed by atoms with E-state index < -0.39 is 11.6 Å². The molecule has 0 radical (unpaired) electrons. The summed E-state index contributed by atoms with van der Waals surface area (Å²) in [6, 6.07) is -0.407. The first-order valence-electron chi connectivity index (χ1n) is 5.04. The zero-order chi connectivity index (χ0) is 10.9. The molecule has 3 amide bonds. The van der Waals surface area contributed by atoms with Gasteiger partial charge in [0.25, 0.3) is 5.91 Å². The number of nitrogens with zero attached hydrogens (tertiary/aromatic N) is 1. The average Bonchev–Trinajstić information content (AvgIpc) is 2.41. The second-order valence-corrected chi connectivity index (χ2v) is 4.13. The number of urea groups is 1. The highest BCUT2D eigenvalue weighted by Gasteiger charge is 2.43. The zero-order valence-electron chi connectivity index (χ0n) is 8.71. The van der Waals surface area contributed by atoms with Crippen LogP contribution in [-0.4, -0.2) is 55.2 Å². The van der Waals surface area contributed by atoms with Crippen LogP contribution in [0.15, 0.2) is 0 Å².